The molecular weight excluding hydrogens is 527 g/mol. The van der Waals surface area contributed by atoms with Gasteiger partial charge in [0.05, 0.1) is 22.4 Å². The highest BCUT2D eigenvalue weighted by atomic mass is 32.2. The van der Waals surface area contributed by atoms with Crippen molar-refractivity contribution >= 4 is 56.5 Å². The third kappa shape index (κ3) is 6.27. The van der Waals surface area contributed by atoms with Gasteiger partial charge < -0.3 is 15.1 Å². The number of carboxylic acid groups (broad SMARTS) is 1. The first-order chi connectivity index (χ1) is 18.0. The normalized spacial score (nSPS) is 16.7. The molecule has 7 nitrogen and oxygen atoms in total. The van der Waals surface area contributed by atoms with Gasteiger partial charge in [-0.3, -0.25) is 4.79 Å². The molecule has 0 radical (unpaired) electrons. The number of nitrogens with zero attached hydrogens (tertiary/aromatic N) is 3. The maximum absolute atomic E-state index is 12.4. The second-order valence-corrected chi connectivity index (χ2v) is 11.9. The number of amides is 1. The van der Waals surface area contributed by atoms with Gasteiger partial charge in [0.1, 0.15) is 5.01 Å². The Bertz CT molecular complexity index is 1410. The first-order valence-corrected chi connectivity index (χ1v) is 14.6. The van der Waals surface area contributed by atoms with E-state index in [4.69, 9.17) is 10.1 Å². The van der Waals surface area contributed by atoms with Gasteiger partial charge in [-0.1, -0.05) is 54.2 Å². The van der Waals surface area contributed by atoms with Crippen LogP contribution in [0.2, 0.25) is 0 Å². The third-order valence-electron chi connectivity index (χ3n) is 6.10. The smallest absolute Gasteiger partial charge is 0.355 e. The number of aromatic nitrogens is 2. The highest BCUT2D eigenvalue weighted by molar-refractivity contribution is 8.01. The van der Waals surface area contributed by atoms with Gasteiger partial charge >= 0.3 is 5.97 Å². The van der Waals surface area contributed by atoms with Crippen molar-refractivity contribution in [1.82, 2.24) is 14.9 Å². The molecule has 2 N–H and O–H groups in total. The van der Waals surface area contributed by atoms with Crippen LogP contribution in [0.5, 0.6) is 0 Å². The minimum Gasteiger partial charge on any atom is -0.476 e. The van der Waals surface area contributed by atoms with Gasteiger partial charge in [-0.2, -0.15) is 0 Å². The summed E-state index contributed by atoms with van der Waals surface area (Å²) in [5.41, 5.74) is 3.09. The number of aromatic carboxylic acids is 1. The van der Waals surface area contributed by atoms with Gasteiger partial charge in [-0.05, 0) is 30.2 Å². The van der Waals surface area contributed by atoms with Crippen molar-refractivity contribution in [3.63, 3.8) is 0 Å². The summed E-state index contributed by atoms with van der Waals surface area (Å²) in [6, 6.07) is 16.1. The van der Waals surface area contributed by atoms with E-state index in [1.165, 1.54) is 28.5 Å². The molecule has 0 spiro atoms. The number of aliphatic hydroxyl groups excluding tert-OH is 1. The number of fused-ring (bicyclic) bond motifs is 1. The molecular formula is C27H25N3O4S3. The van der Waals surface area contributed by atoms with E-state index in [-0.39, 0.29) is 17.6 Å². The predicted octanol–water partition coefficient (Wildman–Crippen LogP) is 5.36. The van der Waals surface area contributed by atoms with Crippen LogP contribution >= 0.6 is 34.4 Å². The number of likely N-dealkylation sites (tertiary alicyclic amines) is 1. The molecule has 0 bridgehead atoms. The Balaban J connectivity index is 1.17. The van der Waals surface area contributed by atoms with E-state index in [0.717, 1.165) is 32.8 Å². The van der Waals surface area contributed by atoms with E-state index < -0.39 is 12.1 Å². The van der Waals surface area contributed by atoms with Crippen molar-refractivity contribution in [1.29, 1.82) is 0 Å². The molecule has 1 saturated heterocycles. The van der Waals surface area contributed by atoms with Crippen LogP contribution in [0, 0.1) is 0 Å². The fraction of sp³-hybridized carbons (Fsp3) is 0.259. The molecule has 2 aromatic heterocycles. The Hall–Kier alpha value is -3.05. The molecule has 0 saturated carbocycles. The van der Waals surface area contributed by atoms with Crippen LogP contribution in [0.4, 0.5) is 0 Å². The molecule has 4 aromatic rings. The zero-order valence-electron chi connectivity index (χ0n) is 19.8. The van der Waals surface area contributed by atoms with E-state index in [9.17, 15) is 14.7 Å². The number of thiazole rings is 2. The molecule has 1 aliphatic heterocycles. The van der Waals surface area contributed by atoms with E-state index in [1.54, 1.807) is 17.4 Å². The highest BCUT2D eigenvalue weighted by Gasteiger charge is 2.28. The minimum atomic E-state index is -1.04. The summed E-state index contributed by atoms with van der Waals surface area (Å²) >= 11 is 4.40. The molecule has 37 heavy (non-hydrogen) atoms. The minimum absolute atomic E-state index is 0.0464. The number of carbonyl (C=O) groups excluding carboxylic acids is 1. The molecule has 2 atom stereocenters. The van der Waals surface area contributed by atoms with Gasteiger partial charge in [0, 0.05) is 36.1 Å². The maximum Gasteiger partial charge on any atom is 0.355 e. The van der Waals surface area contributed by atoms with Gasteiger partial charge in [0.15, 0.2) is 10.0 Å². The van der Waals surface area contributed by atoms with Gasteiger partial charge in [-0.25, -0.2) is 14.8 Å². The van der Waals surface area contributed by atoms with E-state index in [0.29, 0.717) is 29.5 Å². The Morgan fingerprint density at radius 2 is 2.08 bits per heavy atom. The molecule has 10 heteroatoms. The van der Waals surface area contributed by atoms with Gasteiger partial charge in [0.2, 0.25) is 5.91 Å². The number of thioether (sulfide) groups is 1. The number of hydrogen-bond donors (Lipinski definition) is 2. The number of carbonyl (C=O) groups is 2. The average molecular weight is 552 g/mol. The first kappa shape index (κ1) is 25.6. The molecule has 1 aliphatic rings. The molecule has 3 heterocycles. The fourth-order valence-corrected chi connectivity index (χ4v) is 7.06. The lowest BCUT2D eigenvalue weighted by atomic mass is 10.0. The first-order valence-electron chi connectivity index (χ1n) is 11.9. The number of hydrogen-bond acceptors (Lipinski definition) is 8. The number of rotatable bonds is 10. The quantitative estimate of drug-likeness (QED) is 0.202. The zero-order valence-corrected chi connectivity index (χ0v) is 22.3. The number of aliphatic hydroxyl groups is 1. The van der Waals surface area contributed by atoms with E-state index in [2.05, 4.69) is 17.1 Å². The molecule has 190 valence electrons. The zero-order chi connectivity index (χ0) is 25.8. The molecule has 1 fully saturated rings. The second kappa shape index (κ2) is 11.6. The summed E-state index contributed by atoms with van der Waals surface area (Å²) in [6.07, 6.45) is 4.74. The van der Waals surface area contributed by atoms with Crippen molar-refractivity contribution in [2.75, 3.05) is 12.3 Å². The van der Waals surface area contributed by atoms with Crippen molar-refractivity contribution in [3.8, 4) is 10.6 Å². The Kier molecular flexibility index (Phi) is 7.99. The third-order valence-corrected chi connectivity index (χ3v) is 9.19. The lowest BCUT2D eigenvalue weighted by Crippen LogP contribution is -2.33. The van der Waals surface area contributed by atoms with E-state index in [1.807, 2.05) is 47.4 Å². The SMILES string of the molecule is O=C(O)c1csc(SCCN2C(=O)CC[C@@H]2C=C[C@@H](O)Cc2cccc(-c3nc4ccccc4s3)c2)n1. The Morgan fingerprint density at radius 3 is 2.89 bits per heavy atom. The summed E-state index contributed by atoms with van der Waals surface area (Å²) in [5.74, 6) is -0.312. The predicted molar refractivity (Wildman–Crippen MR) is 148 cm³/mol. The van der Waals surface area contributed by atoms with Crippen LogP contribution in [0.25, 0.3) is 20.8 Å². The average Bonchev–Trinajstić information content (AvgIpc) is 3.62. The number of benzene rings is 2. The molecule has 0 unspecified atom stereocenters. The molecule has 0 aliphatic carbocycles. The van der Waals surface area contributed by atoms with Crippen LogP contribution < -0.4 is 0 Å². The standard InChI is InChI=1S/C27H25N3O4S3/c31-20(15-17-4-3-5-18(14-17)25-28-21-6-1-2-7-23(21)37-25)10-8-19-9-11-24(32)30(19)12-13-35-27-29-22(16-36-27)26(33)34/h1-8,10,14,16,19-20,31H,9,11-13,15H2,(H,33,34)/t19-,20+/m0/s1. The van der Waals surface area contributed by atoms with E-state index >= 15 is 0 Å². The molecule has 5 rings (SSSR count). The van der Waals surface area contributed by atoms with Gasteiger partial charge in [0.25, 0.3) is 0 Å². The molecule has 1 amide bonds. The Morgan fingerprint density at radius 1 is 1.22 bits per heavy atom. The van der Waals surface area contributed by atoms with Crippen LogP contribution in [-0.4, -0.2) is 61.4 Å². The Labute approximate surface area is 226 Å². The topological polar surface area (TPSA) is 104 Å². The highest BCUT2D eigenvalue weighted by Crippen LogP contribution is 2.31. The number of carboxylic acids is 1. The van der Waals surface area contributed by atoms with Crippen LogP contribution in [-0.2, 0) is 11.2 Å². The van der Waals surface area contributed by atoms with Crippen molar-refractivity contribution in [2.24, 2.45) is 0 Å². The lowest BCUT2D eigenvalue weighted by molar-refractivity contribution is -0.128. The van der Waals surface area contributed by atoms with Crippen LogP contribution in [0.1, 0.15) is 28.9 Å². The van der Waals surface area contributed by atoms with Gasteiger partial charge in [-0.15, -0.1) is 22.7 Å². The fourth-order valence-electron chi connectivity index (χ4n) is 4.29. The summed E-state index contributed by atoms with van der Waals surface area (Å²) < 4.78 is 1.83. The summed E-state index contributed by atoms with van der Waals surface area (Å²) in [6.45, 7) is 0.542. The van der Waals surface area contributed by atoms with Crippen LogP contribution in [0.3, 0.4) is 0 Å². The largest absolute Gasteiger partial charge is 0.476 e. The van der Waals surface area contributed by atoms with Crippen molar-refractivity contribution in [3.05, 3.63) is 77.3 Å². The summed E-state index contributed by atoms with van der Waals surface area (Å²) in [4.78, 5) is 34.0. The van der Waals surface area contributed by atoms with Crippen molar-refractivity contribution < 1.29 is 19.8 Å². The van der Waals surface area contributed by atoms with Crippen LogP contribution in [0.15, 0.2) is 70.4 Å². The summed E-state index contributed by atoms with van der Waals surface area (Å²) in [7, 11) is 0. The monoisotopic (exact) mass is 551 g/mol. The maximum atomic E-state index is 12.4. The summed E-state index contributed by atoms with van der Waals surface area (Å²) in [5, 5.41) is 22.2. The second-order valence-electron chi connectivity index (χ2n) is 8.69. The van der Waals surface area contributed by atoms with Crippen molar-refractivity contribution in [2.45, 2.75) is 35.7 Å². The lowest BCUT2D eigenvalue weighted by Gasteiger charge is -2.22. The number of para-hydroxylation sites is 1. The molecule has 2 aromatic carbocycles.